The van der Waals surface area contributed by atoms with E-state index in [9.17, 15) is 13.2 Å². The Morgan fingerprint density at radius 3 is 2.26 bits per heavy atom. The van der Waals surface area contributed by atoms with Gasteiger partial charge in [0.25, 0.3) is 0 Å². The highest BCUT2D eigenvalue weighted by molar-refractivity contribution is 5.79. The van der Waals surface area contributed by atoms with Crippen LogP contribution in [0.1, 0.15) is 25.0 Å². The summed E-state index contributed by atoms with van der Waals surface area (Å²) in [5.41, 5.74) is 2.40. The smallest absolute Gasteiger partial charge is 0.353 e. The standard InChI is InChI=1S/C12H17F3N4/c1-8(2)18-11(19-16)17-7-9-3-5-10(6-4-9)12(13,14)15/h3-6,8H,7,16H2,1-2H3,(H2,17,18,19). The van der Waals surface area contributed by atoms with Crippen molar-refractivity contribution >= 4 is 5.96 Å². The lowest BCUT2D eigenvalue weighted by atomic mass is 10.1. The predicted octanol–water partition coefficient (Wildman–Crippen LogP) is 2.02. The fourth-order valence-corrected chi connectivity index (χ4v) is 1.38. The Morgan fingerprint density at radius 2 is 1.84 bits per heavy atom. The van der Waals surface area contributed by atoms with Crippen LogP contribution >= 0.6 is 0 Å². The second-order valence-electron chi connectivity index (χ2n) is 4.30. The topological polar surface area (TPSA) is 62.4 Å². The SMILES string of the molecule is CC(C)NC(=NCc1ccc(C(F)(F)F)cc1)NN. The van der Waals surface area contributed by atoms with E-state index >= 15 is 0 Å². The lowest BCUT2D eigenvalue weighted by molar-refractivity contribution is -0.137. The molecule has 0 saturated carbocycles. The molecule has 4 N–H and O–H groups in total. The summed E-state index contributed by atoms with van der Waals surface area (Å²) in [4.78, 5) is 4.13. The molecule has 0 aliphatic heterocycles. The minimum atomic E-state index is -4.31. The molecule has 1 rings (SSSR count). The van der Waals surface area contributed by atoms with Gasteiger partial charge in [0.1, 0.15) is 0 Å². The maximum absolute atomic E-state index is 12.4. The highest BCUT2D eigenvalue weighted by atomic mass is 19.4. The molecule has 19 heavy (non-hydrogen) atoms. The molecule has 0 aliphatic carbocycles. The molecule has 0 aromatic heterocycles. The van der Waals surface area contributed by atoms with Gasteiger partial charge >= 0.3 is 6.18 Å². The maximum atomic E-state index is 12.4. The third kappa shape index (κ3) is 5.17. The minimum Gasteiger partial charge on any atom is -0.353 e. The van der Waals surface area contributed by atoms with Gasteiger partial charge in [-0.1, -0.05) is 12.1 Å². The number of nitrogens with zero attached hydrogens (tertiary/aromatic N) is 1. The molecular weight excluding hydrogens is 257 g/mol. The first kappa shape index (κ1) is 15.3. The molecular formula is C12H17F3N4. The van der Waals surface area contributed by atoms with Crippen molar-refractivity contribution in [3.8, 4) is 0 Å². The zero-order valence-electron chi connectivity index (χ0n) is 10.8. The first-order chi connectivity index (χ1) is 8.82. The van der Waals surface area contributed by atoms with Crippen LogP contribution in [0.15, 0.2) is 29.3 Å². The average molecular weight is 274 g/mol. The molecule has 0 atom stereocenters. The summed E-state index contributed by atoms with van der Waals surface area (Å²) in [6.45, 7) is 4.09. The van der Waals surface area contributed by atoms with Gasteiger partial charge in [-0.2, -0.15) is 13.2 Å². The lowest BCUT2D eigenvalue weighted by Crippen LogP contribution is -2.44. The highest BCUT2D eigenvalue weighted by Gasteiger charge is 2.29. The molecule has 7 heteroatoms. The van der Waals surface area contributed by atoms with Crippen molar-refractivity contribution in [3.63, 3.8) is 0 Å². The Balaban J connectivity index is 2.70. The summed E-state index contributed by atoms with van der Waals surface area (Å²) < 4.78 is 37.1. The quantitative estimate of drug-likeness (QED) is 0.342. The van der Waals surface area contributed by atoms with Crippen molar-refractivity contribution in [3.05, 3.63) is 35.4 Å². The average Bonchev–Trinajstić information content (AvgIpc) is 2.33. The van der Waals surface area contributed by atoms with Crippen LogP contribution in [0.5, 0.6) is 0 Å². The molecule has 0 radical (unpaired) electrons. The second-order valence-corrected chi connectivity index (χ2v) is 4.30. The number of hydrazine groups is 1. The number of hydrogen-bond donors (Lipinski definition) is 3. The van der Waals surface area contributed by atoms with E-state index in [1.807, 2.05) is 13.8 Å². The first-order valence-corrected chi connectivity index (χ1v) is 5.76. The molecule has 0 bridgehead atoms. The summed E-state index contributed by atoms with van der Waals surface area (Å²) in [5.74, 6) is 5.67. The molecule has 1 aromatic rings. The van der Waals surface area contributed by atoms with E-state index in [1.165, 1.54) is 12.1 Å². The monoisotopic (exact) mass is 274 g/mol. The van der Waals surface area contributed by atoms with Crippen LogP contribution < -0.4 is 16.6 Å². The summed E-state index contributed by atoms with van der Waals surface area (Å²) in [5, 5.41) is 2.97. The number of nitrogens with two attached hydrogens (primary N) is 1. The van der Waals surface area contributed by atoms with Crippen molar-refractivity contribution in [2.75, 3.05) is 0 Å². The molecule has 106 valence electrons. The Morgan fingerprint density at radius 1 is 1.26 bits per heavy atom. The lowest BCUT2D eigenvalue weighted by Gasteiger charge is -2.12. The third-order valence-electron chi connectivity index (χ3n) is 2.26. The molecule has 0 saturated heterocycles. The maximum Gasteiger partial charge on any atom is 0.416 e. The first-order valence-electron chi connectivity index (χ1n) is 5.76. The van der Waals surface area contributed by atoms with Gasteiger partial charge in [-0.3, -0.25) is 5.43 Å². The van der Waals surface area contributed by atoms with Crippen LogP contribution in [0.2, 0.25) is 0 Å². The van der Waals surface area contributed by atoms with Crippen LogP contribution in [0.3, 0.4) is 0 Å². The summed E-state index contributed by atoms with van der Waals surface area (Å²) in [6, 6.07) is 5.03. The zero-order chi connectivity index (χ0) is 14.5. The molecule has 0 spiro atoms. The van der Waals surface area contributed by atoms with Crippen LogP contribution in [-0.2, 0) is 12.7 Å². The molecule has 4 nitrogen and oxygen atoms in total. The minimum absolute atomic E-state index is 0.155. The largest absolute Gasteiger partial charge is 0.416 e. The number of benzene rings is 1. The van der Waals surface area contributed by atoms with Gasteiger partial charge in [0.05, 0.1) is 12.1 Å². The normalized spacial score (nSPS) is 12.7. The van der Waals surface area contributed by atoms with Gasteiger partial charge < -0.3 is 5.32 Å². The van der Waals surface area contributed by atoms with Gasteiger partial charge in [0.15, 0.2) is 0 Å². The number of halogens is 3. The van der Waals surface area contributed by atoms with Crippen molar-refractivity contribution in [2.24, 2.45) is 10.8 Å². The van der Waals surface area contributed by atoms with E-state index < -0.39 is 11.7 Å². The van der Waals surface area contributed by atoms with Crippen LogP contribution in [0.25, 0.3) is 0 Å². The highest BCUT2D eigenvalue weighted by Crippen LogP contribution is 2.29. The molecule has 1 aromatic carbocycles. The third-order valence-corrected chi connectivity index (χ3v) is 2.26. The summed E-state index contributed by atoms with van der Waals surface area (Å²) >= 11 is 0. The molecule has 0 heterocycles. The van der Waals surface area contributed by atoms with E-state index in [1.54, 1.807) is 0 Å². The molecule has 0 aliphatic rings. The van der Waals surface area contributed by atoms with Gasteiger partial charge in [0.2, 0.25) is 5.96 Å². The number of nitrogens with one attached hydrogen (secondary N) is 2. The van der Waals surface area contributed by atoms with Gasteiger partial charge in [-0.25, -0.2) is 10.8 Å². The van der Waals surface area contributed by atoms with E-state index in [2.05, 4.69) is 15.7 Å². The Kier molecular flexibility index (Phi) is 5.17. The van der Waals surface area contributed by atoms with E-state index in [-0.39, 0.29) is 12.6 Å². The number of guanidine groups is 1. The van der Waals surface area contributed by atoms with Gasteiger partial charge in [-0.15, -0.1) is 0 Å². The molecule has 0 fully saturated rings. The van der Waals surface area contributed by atoms with Crippen molar-refractivity contribution in [1.82, 2.24) is 10.7 Å². The fraction of sp³-hybridized carbons (Fsp3) is 0.417. The Bertz CT molecular complexity index is 424. The number of alkyl halides is 3. The second kappa shape index (κ2) is 6.42. The van der Waals surface area contributed by atoms with Crippen LogP contribution in [0.4, 0.5) is 13.2 Å². The van der Waals surface area contributed by atoms with E-state index in [0.717, 1.165) is 12.1 Å². The number of rotatable bonds is 3. The number of hydrogen-bond acceptors (Lipinski definition) is 2. The fourth-order valence-electron chi connectivity index (χ4n) is 1.38. The number of aliphatic imine (C=N–C) groups is 1. The van der Waals surface area contributed by atoms with Crippen molar-refractivity contribution < 1.29 is 13.2 Å². The summed E-state index contributed by atoms with van der Waals surface area (Å²) in [7, 11) is 0. The molecule has 0 amide bonds. The van der Waals surface area contributed by atoms with E-state index in [0.29, 0.717) is 11.5 Å². The van der Waals surface area contributed by atoms with Gasteiger partial charge in [-0.05, 0) is 31.5 Å². The predicted molar refractivity (Wildman–Crippen MR) is 68.2 cm³/mol. The van der Waals surface area contributed by atoms with Crippen LogP contribution in [-0.4, -0.2) is 12.0 Å². The van der Waals surface area contributed by atoms with Crippen molar-refractivity contribution in [1.29, 1.82) is 0 Å². The van der Waals surface area contributed by atoms with Gasteiger partial charge in [0, 0.05) is 6.04 Å². The Hall–Kier alpha value is -1.76. The Labute approximate surface area is 109 Å². The zero-order valence-corrected chi connectivity index (χ0v) is 10.8. The van der Waals surface area contributed by atoms with Crippen LogP contribution in [0, 0.1) is 0 Å². The molecule has 0 unspecified atom stereocenters. The van der Waals surface area contributed by atoms with Crippen molar-refractivity contribution in [2.45, 2.75) is 32.6 Å². The van der Waals surface area contributed by atoms with E-state index in [4.69, 9.17) is 5.84 Å². The summed E-state index contributed by atoms with van der Waals surface area (Å²) in [6.07, 6.45) is -4.31.